The highest BCUT2D eigenvalue weighted by atomic mass is 16.6. The molecule has 2 N–H and O–H groups in total. The minimum Gasteiger partial charge on any atom is -0.444 e. The third-order valence-corrected chi connectivity index (χ3v) is 3.27. The maximum Gasteiger partial charge on any atom is 0.407 e. The number of carbonyl (C=O) groups excluding carboxylic acids is 2. The monoisotopic (exact) mass is 299 g/mol. The van der Waals surface area contributed by atoms with Gasteiger partial charge in [-0.1, -0.05) is 0 Å². The molecule has 1 fully saturated rings. The summed E-state index contributed by atoms with van der Waals surface area (Å²) in [6.45, 7) is 5.97. The highest BCUT2D eigenvalue weighted by Crippen LogP contribution is 2.19. The Labute approximate surface area is 127 Å². The van der Waals surface area contributed by atoms with Crippen LogP contribution in [0.1, 0.15) is 46.5 Å². The first kappa shape index (κ1) is 17.8. The van der Waals surface area contributed by atoms with E-state index in [0.29, 0.717) is 6.54 Å². The van der Waals surface area contributed by atoms with Gasteiger partial charge in [0, 0.05) is 12.1 Å². The van der Waals surface area contributed by atoms with Crippen molar-refractivity contribution >= 4 is 12.0 Å². The lowest BCUT2D eigenvalue weighted by atomic mass is 9.91. The summed E-state index contributed by atoms with van der Waals surface area (Å²) in [6.07, 6.45) is 3.15. The van der Waals surface area contributed by atoms with Crippen LogP contribution in [0.2, 0.25) is 0 Å². The van der Waals surface area contributed by atoms with E-state index in [1.54, 1.807) is 0 Å². The fourth-order valence-corrected chi connectivity index (χ4v) is 2.42. The zero-order chi connectivity index (χ0) is 16.0. The van der Waals surface area contributed by atoms with E-state index in [-0.39, 0.29) is 24.1 Å². The van der Waals surface area contributed by atoms with E-state index >= 15 is 0 Å². The largest absolute Gasteiger partial charge is 0.444 e. The third-order valence-electron chi connectivity index (χ3n) is 3.27. The number of nitrogens with one attached hydrogen (secondary N) is 2. The molecule has 21 heavy (non-hydrogen) atoms. The Kier molecular flexibility index (Phi) is 6.45. The number of hydrogen-bond acceptors (Lipinski definition) is 4. The fraction of sp³-hybridized carbons (Fsp3) is 0.867. The van der Waals surface area contributed by atoms with Gasteiger partial charge in [-0.15, -0.1) is 0 Å². The predicted octanol–water partition coefficient (Wildman–Crippen LogP) is 1.50. The molecule has 0 radical (unpaired) electrons. The molecular weight excluding hydrogens is 270 g/mol. The average molecular weight is 299 g/mol. The summed E-state index contributed by atoms with van der Waals surface area (Å²) in [7, 11) is 3.75. The lowest BCUT2D eigenvalue weighted by Gasteiger charge is -2.30. The molecule has 1 saturated carbocycles. The van der Waals surface area contributed by atoms with Crippen molar-refractivity contribution in [3.05, 3.63) is 0 Å². The van der Waals surface area contributed by atoms with Crippen LogP contribution in [0.4, 0.5) is 4.79 Å². The van der Waals surface area contributed by atoms with Gasteiger partial charge in [0.15, 0.2) is 0 Å². The molecule has 0 bridgehead atoms. The van der Waals surface area contributed by atoms with E-state index in [9.17, 15) is 9.59 Å². The number of rotatable bonds is 4. The van der Waals surface area contributed by atoms with Crippen LogP contribution >= 0.6 is 0 Å². The molecule has 0 atom stereocenters. The number of nitrogens with zero attached hydrogens (tertiary/aromatic N) is 1. The van der Waals surface area contributed by atoms with Gasteiger partial charge in [-0.25, -0.2) is 4.79 Å². The van der Waals surface area contributed by atoms with Crippen molar-refractivity contribution in [2.75, 3.05) is 20.6 Å². The van der Waals surface area contributed by atoms with Crippen LogP contribution in [0, 0.1) is 0 Å². The summed E-state index contributed by atoms with van der Waals surface area (Å²) in [6, 6.07) is 0.357. The van der Waals surface area contributed by atoms with E-state index in [1.165, 1.54) is 0 Å². The topological polar surface area (TPSA) is 70.7 Å². The number of likely N-dealkylation sites (N-methyl/N-ethyl adjacent to an activating group) is 1. The second-order valence-corrected chi connectivity index (χ2v) is 7.00. The van der Waals surface area contributed by atoms with Gasteiger partial charge < -0.3 is 20.3 Å². The van der Waals surface area contributed by atoms with E-state index in [0.717, 1.165) is 25.7 Å². The maximum atomic E-state index is 11.7. The van der Waals surface area contributed by atoms with Gasteiger partial charge in [0.05, 0.1) is 6.54 Å². The molecule has 0 saturated heterocycles. The van der Waals surface area contributed by atoms with Gasteiger partial charge in [-0.05, 0) is 60.5 Å². The second kappa shape index (κ2) is 7.64. The minimum atomic E-state index is -0.471. The van der Waals surface area contributed by atoms with E-state index in [2.05, 4.69) is 10.6 Å². The lowest BCUT2D eigenvalue weighted by Crippen LogP contribution is -2.46. The van der Waals surface area contributed by atoms with Crippen LogP contribution in [0.5, 0.6) is 0 Å². The van der Waals surface area contributed by atoms with Crippen molar-refractivity contribution in [3.8, 4) is 0 Å². The van der Waals surface area contributed by atoms with Gasteiger partial charge in [-0.2, -0.15) is 0 Å². The normalized spacial score (nSPS) is 22.8. The molecule has 1 aliphatic carbocycles. The summed E-state index contributed by atoms with van der Waals surface area (Å²) in [4.78, 5) is 25.2. The Morgan fingerprint density at radius 2 is 1.52 bits per heavy atom. The van der Waals surface area contributed by atoms with Gasteiger partial charge in [0.25, 0.3) is 0 Å². The second-order valence-electron chi connectivity index (χ2n) is 7.00. The Balaban J connectivity index is 2.26. The molecule has 1 rings (SSSR count). The Hall–Kier alpha value is -1.30. The summed E-state index contributed by atoms with van der Waals surface area (Å²) >= 11 is 0. The first-order valence-corrected chi connectivity index (χ1v) is 7.59. The summed E-state index contributed by atoms with van der Waals surface area (Å²) < 4.78 is 5.25. The van der Waals surface area contributed by atoms with Crippen LogP contribution in [-0.2, 0) is 9.53 Å². The van der Waals surface area contributed by atoms with Crippen LogP contribution in [0.3, 0.4) is 0 Å². The van der Waals surface area contributed by atoms with Gasteiger partial charge in [0.2, 0.25) is 5.91 Å². The fourth-order valence-electron chi connectivity index (χ4n) is 2.42. The first-order valence-electron chi connectivity index (χ1n) is 7.59. The third kappa shape index (κ3) is 7.90. The van der Waals surface area contributed by atoms with Gasteiger partial charge in [0.1, 0.15) is 5.60 Å². The molecule has 0 aliphatic heterocycles. The van der Waals surface area contributed by atoms with Crippen molar-refractivity contribution in [3.63, 3.8) is 0 Å². The SMILES string of the molecule is CN(C)CC(=O)N[C@H]1CC[C@H](NC(=O)OC(C)(C)C)CC1. The Morgan fingerprint density at radius 3 is 1.95 bits per heavy atom. The quantitative estimate of drug-likeness (QED) is 0.825. The summed E-state index contributed by atoms with van der Waals surface area (Å²) in [5.74, 6) is 0.0588. The van der Waals surface area contributed by atoms with Crippen molar-refractivity contribution in [1.82, 2.24) is 15.5 Å². The van der Waals surface area contributed by atoms with Crippen molar-refractivity contribution in [1.29, 1.82) is 0 Å². The molecule has 0 heterocycles. The van der Waals surface area contributed by atoms with E-state index in [4.69, 9.17) is 4.74 Å². The zero-order valence-electron chi connectivity index (χ0n) is 13.9. The number of ether oxygens (including phenoxy) is 1. The standard InChI is InChI=1S/C15H29N3O3/c1-15(2,3)21-14(20)17-12-8-6-11(7-9-12)16-13(19)10-18(4)5/h11-12H,6-10H2,1-5H3,(H,16,19)(H,17,20)/t11-,12-. The number of alkyl carbamates (subject to hydrolysis) is 1. The van der Waals surface area contributed by atoms with E-state index in [1.807, 2.05) is 39.8 Å². The number of hydrogen-bond donors (Lipinski definition) is 2. The predicted molar refractivity (Wildman–Crippen MR) is 82.1 cm³/mol. The summed E-state index contributed by atoms with van der Waals surface area (Å²) in [5, 5.41) is 5.94. The maximum absolute atomic E-state index is 11.7. The van der Waals surface area contributed by atoms with Gasteiger partial charge >= 0.3 is 6.09 Å². The Bertz CT molecular complexity index is 356. The molecule has 0 spiro atoms. The molecule has 1 aliphatic rings. The number of amides is 2. The van der Waals surface area contributed by atoms with Crippen molar-refractivity contribution < 1.29 is 14.3 Å². The van der Waals surface area contributed by atoms with Crippen LogP contribution in [-0.4, -0.2) is 55.2 Å². The molecular formula is C15H29N3O3. The molecule has 0 aromatic rings. The average Bonchev–Trinajstić information content (AvgIpc) is 2.27. The molecule has 122 valence electrons. The van der Waals surface area contributed by atoms with Crippen LogP contribution in [0.25, 0.3) is 0 Å². The van der Waals surface area contributed by atoms with Crippen molar-refractivity contribution in [2.24, 2.45) is 0 Å². The first-order chi connectivity index (χ1) is 9.65. The molecule has 2 amide bonds. The molecule has 0 aromatic heterocycles. The Morgan fingerprint density at radius 1 is 1.05 bits per heavy atom. The smallest absolute Gasteiger partial charge is 0.407 e. The van der Waals surface area contributed by atoms with Gasteiger partial charge in [-0.3, -0.25) is 4.79 Å². The lowest BCUT2D eigenvalue weighted by molar-refractivity contribution is -0.122. The highest BCUT2D eigenvalue weighted by Gasteiger charge is 2.25. The molecule has 6 nitrogen and oxygen atoms in total. The molecule has 0 aromatic carbocycles. The van der Waals surface area contributed by atoms with Crippen LogP contribution < -0.4 is 10.6 Å². The highest BCUT2D eigenvalue weighted by molar-refractivity contribution is 5.78. The van der Waals surface area contributed by atoms with E-state index < -0.39 is 5.60 Å². The number of carbonyl (C=O) groups is 2. The van der Waals surface area contributed by atoms with Crippen LogP contribution in [0.15, 0.2) is 0 Å². The summed E-state index contributed by atoms with van der Waals surface area (Å²) in [5.41, 5.74) is -0.471. The molecule has 6 heteroatoms. The van der Waals surface area contributed by atoms with Crippen molar-refractivity contribution in [2.45, 2.75) is 64.1 Å². The minimum absolute atomic E-state index is 0.0588. The zero-order valence-corrected chi connectivity index (χ0v) is 13.9. The molecule has 0 unspecified atom stereocenters.